The van der Waals surface area contributed by atoms with Crippen LogP contribution in [0, 0.1) is 0 Å². The van der Waals surface area contributed by atoms with Crippen molar-refractivity contribution in [2.24, 2.45) is 0 Å². The number of rotatable bonds is 6. The predicted molar refractivity (Wildman–Crippen MR) is 120 cm³/mol. The van der Waals surface area contributed by atoms with E-state index in [4.69, 9.17) is 11.6 Å². The minimum atomic E-state index is -3.39. The van der Waals surface area contributed by atoms with E-state index in [2.05, 4.69) is 10.3 Å². The average molecular weight is 450 g/mol. The summed E-state index contributed by atoms with van der Waals surface area (Å²) in [5.41, 5.74) is 2.03. The van der Waals surface area contributed by atoms with Crippen LogP contribution in [0.1, 0.15) is 31.2 Å². The highest BCUT2D eigenvalue weighted by molar-refractivity contribution is 7.89. The van der Waals surface area contributed by atoms with Crippen molar-refractivity contribution in [1.29, 1.82) is 0 Å². The first-order valence-electron chi connectivity index (χ1n) is 9.91. The number of sulfonamides is 1. The van der Waals surface area contributed by atoms with Crippen LogP contribution >= 0.6 is 22.9 Å². The number of halogens is 1. The molecule has 1 N–H and O–H groups in total. The molecule has 0 atom stereocenters. The fourth-order valence-corrected chi connectivity index (χ4v) is 6.23. The van der Waals surface area contributed by atoms with Crippen molar-refractivity contribution in [3.63, 3.8) is 0 Å². The Kier molecular flexibility index (Phi) is 6.39. The van der Waals surface area contributed by atoms with Gasteiger partial charge in [0.1, 0.15) is 0 Å². The highest BCUT2D eigenvalue weighted by Crippen LogP contribution is 2.28. The van der Waals surface area contributed by atoms with E-state index in [1.807, 2.05) is 30.3 Å². The molecule has 1 fully saturated rings. The van der Waals surface area contributed by atoms with E-state index < -0.39 is 10.0 Å². The fourth-order valence-electron chi connectivity index (χ4n) is 3.55. The molecule has 1 aliphatic rings. The summed E-state index contributed by atoms with van der Waals surface area (Å²) in [6.07, 6.45) is 4.90. The van der Waals surface area contributed by atoms with E-state index in [0.717, 1.165) is 59.6 Å². The van der Waals surface area contributed by atoms with Gasteiger partial charge in [0.2, 0.25) is 10.0 Å². The summed E-state index contributed by atoms with van der Waals surface area (Å²) in [5.74, 6) is 0. The molecule has 5 nitrogen and oxygen atoms in total. The van der Waals surface area contributed by atoms with Crippen LogP contribution in [-0.4, -0.2) is 37.3 Å². The molecule has 0 saturated carbocycles. The largest absolute Gasteiger partial charge is 0.361 e. The zero-order valence-electron chi connectivity index (χ0n) is 16.1. The highest BCUT2D eigenvalue weighted by atomic mass is 35.5. The molecule has 0 unspecified atom stereocenters. The van der Waals surface area contributed by atoms with Gasteiger partial charge in [-0.25, -0.2) is 13.4 Å². The van der Waals surface area contributed by atoms with Gasteiger partial charge >= 0.3 is 0 Å². The van der Waals surface area contributed by atoms with Gasteiger partial charge in [-0.2, -0.15) is 4.31 Å². The molecule has 154 valence electrons. The number of anilines is 1. The number of nitrogens with zero attached hydrogens (tertiary/aromatic N) is 2. The van der Waals surface area contributed by atoms with E-state index in [9.17, 15) is 8.42 Å². The molecule has 2 heterocycles. The third-order valence-electron chi connectivity index (χ3n) is 5.17. The van der Waals surface area contributed by atoms with Gasteiger partial charge in [-0.15, -0.1) is 0 Å². The number of hydrogen-bond acceptors (Lipinski definition) is 5. The SMILES string of the molecule is O=S(=O)(c1ccc(CCNc2nc3ccc(Cl)cc3s2)cc1)N1CCCCCC1. The van der Waals surface area contributed by atoms with E-state index >= 15 is 0 Å². The summed E-state index contributed by atoms with van der Waals surface area (Å²) >= 11 is 7.61. The maximum Gasteiger partial charge on any atom is 0.243 e. The molecule has 1 aliphatic heterocycles. The first-order valence-corrected chi connectivity index (χ1v) is 12.5. The molecule has 0 spiro atoms. The molecular formula is C21H24ClN3O2S2. The van der Waals surface area contributed by atoms with E-state index in [0.29, 0.717) is 23.0 Å². The van der Waals surface area contributed by atoms with E-state index in [1.54, 1.807) is 27.8 Å². The van der Waals surface area contributed by atoms with E-state index in [1.165, 1.54) is 0 Å². The van der Waals surface area contributed by atoms with Crippen LogP contribution in [0.25, 0.3) is 10.2 Å². The Hall–Kier alpha value is -1.67. The Labute approximate surface area is 180 Å². The van der Waals surface area contributed by atoms with Crippen molar-refractivity contribution >= 4 is 48.3 Å². The Balaban J connectivity index is 1.36. The Morgan fingerprint density at radius 2 is 1.76 bits per heavy atom. The minimum Gasteiger partial charge on any atom is -0.361 e. The quantitative estimate of drug-likeness (QED) is 0.564. The summed E-state index contributed by atoms with van der Waals surface area (Å²) in [7, 11) is -3.39. The molecule has 1 saturated heterocycles. The topological polar surface area (TPSA) is 62.3 Å². The van der Waals surface area contributed by atoms with Crippen LogP contribution in [-0.2, 0) is 16.4 Å². The van der Waals surface area contributed by atoms with Gasteiger partial charge in [0, 0.05) is 24.7 Å². The number of nitrogens with one attached hydrogen (secondary N) is 1. The fraction of sp³-hybridized carbons (Fsp3) is 0.381. The number of benzene rings is 2. The second-order valence-corrected chi connectivity index (χ2v) is 10.7. The van der Waals surface area contributed by atoms with Gasteiger partial charge in [-0.1, -0.05) is 47.9 Å². The molecule has 2 aromatic carbocycles. The van der Waals surface area contributed by atoms with E-state index in [-0.39, 0.29) is 0 Å². The molecule has 0 radical (unpaired) electrons. The summed E-state index contributed by atoms with van der Waals surface area (Å²) in [6.45, 7) is 1.98. The summed E-state index contributed by atoms with van der Waals surface area (Å²) < 4.78 is 28.4. The first-order chi connectivity index (χ1) is 14.0. The zero-order valence-corrected chi connectivity index (χ0v) is 18.5. The second kappa shape index (κ2) is 9.00. The highest BCUT2D eigenvalue weighted by Gasteiger charge is 2.24. The van der Waals surface area contributed by atoms with Crippen LogP contribution in [0.4, 0.5) is 5.13 Å². The third-order valence-corrected chi connectivity index (χ3v) is 8.29. The lowest BCUT2D eigenvalue weighted by Gasteiger charge is -2.20. The maximum absolute atomic E-state index is 12.9. The molecule has 0 amide bonds. The summed E-state index contributed by atoms with van der Waals surface area (Å²) in [6, 6.07) is 13.0. The maximum atomic E-state index is 12.9. The van der Waals surface area contributed by atoms with Crippen molar-refractivity contribution < 1.29 is 8.42 Å². The molecule has 1 aromatic heterocycles. The van der Waals surface area contributed by atoms with Gasteiger partial charge in [0.15, 0.2) is 5.13 Å². The summed E-state index contributed by atoms with van der Waals surface area (Å²) in [4.78, 5) is 4.94. The van der Waals surface area contributed by atoms with Crippen molar-refractivity contribution in [2.75, 3.05) is 25.0 Å². The predicted octanol–water partition coefficient (Wildman–Crippen LogP) is 5.17. The summed E-state index contributed by atoms with van der Waals surface area (Å²) in [5, 5.41) is 4.92. The second-order valence-electron chi connectivity index (χ2n) is 7.27. The van der Waals surface area contributed by atoms with Crippen molar-refractivity contribution in [3.05, 3.63) is 53.1 Å². The normalized spacial score (nSPS) is 16.0. The zero-order chi connectivity index (χ0) is 20.3. The monoisotopic (exact) mass is 449 g/mol. The van der Waals surface area contributed by atoms with Crippen LogP contribution in [0.3, 0.4) is 0 Å². The van der Waals surface area contributed by atoms with Gasteiger partial charge in [0.05, 0.1) is 15.1 Å². The molecule has 4 rings (SSSR count). The van der Waals surface area contributed by atoms with Crippen molar-refractivity contribution in [3.8, 4) is 0 Å². The standard InChI is InChI=1S/C21H24ClN3O2S2/c22-17-7-10-19-20(15-17)28-21(24-19)23-12-11-16-5-8-18(9-6-16)29(26,27)25-13-3-1-2-4-14-25/h5-10,15H,1-4,11-14H2,(H,23,24). The Morgan fingerprint density at radius 1 is 1.03 bits per heavy atom. The molecular weight excluding hydrogens is 426 g/mol. The van der Waals surface area contributed by atoms with Crippen LogP contribution in [0.2, 0.25) is 5.02 Å². The van der Waals surface area contributed by atoms with Crippen LogP contribution in [0.5, 0.6) is 0 Å². The Bertz CT molecular complexity index is 1070. The van der Waals surface area contributed by atoms with Gasteiger partial charge in [-0.05, 0) is 55.2 Å². The number of aromatic nitrogens is 1. The number of hydrogen-bond donors (Lipinski definition) is 1. The average Bonchev–Trinajstić information content (AvgIpc) is 2.91. The molecule has 8 heteroatoms. The molecule has 0 aliphatic carbocycles. The molecule has 0 bridgehead atoms. The van der Waals surface area contributed by atoms with Gasteiger partial charge < -0.3 is 5.32 Å². The molecule has 29 heavy (non-hydrogen) atoms. The van der Waals surface area contributed by atoms with Crippen LogP contribution < -0.4 is 5.32 Å². The number of fused-ring (bicyclic) bond motifs is 1. The lowest BCUT2D eigenvalue weighted by atomic mass is 10.1. The first kappa shape index (κ1) is 20.6. The third kappa shape index (κ3) is 4.91. The molecule has 3 aromatic rings. The van der Waals surface area contributed by atoms with Crippen LogP contribution in [0.15, 0.2) is 47.4 Å². The van der Waals surface area contributed by atoms with Gasteiger partial charge in [0.25, 0.3) is 0 Å². The minimum absolute atomic E-state index is 0.388. The van der Waals surface area contributed by atoms with Gasteiger partial charge in [-0.3, -0.25) is 0 Å². The van der Waals surface area contributed by atoms with Crippen molar-refractivity contribution in [1.82, 2.24) is 9.29 Å². The Morgan fingerprint density at radius 3 is 2.48 bits per heavy atom. The number of thiazole rings is 1. The smallest absolute Gasteiger partial charge is 0.243 e. The van der Waals surface area contributed by atoms with Crippen molar-refractivity contribution in [2.45, 2.75) is 37.0 Å². The lowest BCUT2D eigenvalue weighted by Crippen LogP contribution is -2.31. The lowest BCUT2D eigenvalue weighted by molar-refractivity contribution is 0.423.